The second-order valence-corrected chi connectivity index (χ2v) is 14.5. The molecule has 11 aromatic rings. The van der Waals surface area contributed by atoms with E-state index in [1.54, 1.807) is 0 Å². The topological polar surface area (TPSA) is 21.3 Å². The molecule has 11 rings (SSSR count). The molecule has 2 heterocycles. The van der Waals surface area contributed by atoms with Gasteiger partial charge in [0.1, 0.15) is 5.58 Å². The zero-order chi connectivity index (χ0) is 37.7. The van der Waals surface area contributed by atoms with Crippen LogP contribution in [0.1, 0.15) is 0 Å². The van der Waals surface area contributed by atoms with Gasteiger partial charge in [-0.05, 0) is 82.4 Å². The highest BCUT2D eigenvalue weighted by atomic mass is 16.3. The average Bonchev–Trinajstić information content (AvgIpc) is 3.84. The van der Waals surface area contributed by atoms with Crippen molar-refractivity contribution in [2.45, 2.75) is 0 Å². The van der Waals surface area contributed by atoms with Gasteiger partial charge < -0.3 is 13.9 Å². The third kappa shape index (κ3) is 5.60. The highest BCUT2D eigenvalue weighted by molar-refractivity contribution is 6.14. The number of anilines is 3. The van der Waals surface area contributed by atoms with Crippen molar-refractivity contribution in [2.24, 2.45) is 0 Å². The van der Waals surface area contributed by atoms with Crippen LogP contribution in [0.4, 0.5) is 17.1 Å². The minimum absolute atomic E-state index is 0.865. The third-order valence-electron chi connectivity index (χ3n) is 11.2. The molecule has 9 aromatic carbocycles. The first-order chi connectivity index (χ1) is 28.3. The number of rotatable bonds is 7. The minimum Gasteiger partial charge on any atom is -0.454 e. The van der Waals surface area contributed by atoms with Crippen molar-refractivity contribution in [1.82, 2.24) is 4.57 Å². The highest BCUT2D eigenvalue weighted by Gasteiger charge is 2.20. The third-order valence-corrected chi connectivity index (χ3v) is 11.2. The lowest BCUT2D eigenvalue weighted by molar-refractivity contribution is 0.669. The second kappa shape index (κ2) is 13.6. The number of fused-ring (bicyclic) bond motifs is 6. The van der Waals surface area contributed by atoms with Crippen molar-refractivity contribution in [3.05, 3.63) is 218 Å². The van der Waals surface area contributed by atoms with Crippen LogP contribution in [-0.2, 0) is 0 Å². The Balaban J connectivity index is 1.03. The van der Waals surface area contributed by atoms with Gasteiger partial charge in [-0.1, -0.05) is 164 Å². The fourth-order valence-electron chi connectivity index (χ4n) is 8.53. The van der Waals surface area contributed by atoms with Crippen molar-refractivity contribution in [3.8, 4) is 39.1 Å². The summed E-state index contributed by atoms with van der Waals surface area (Å²) in [7, 11) is 0. The summed E-state index contributed by atoms with van der Waals surface area (Å²) in [6.45, 7) is 0. The molecular weight excluding hydrogens is 693 g/mol. The summed E-state index contributed by atoms with van der Waals surface area (Å²) in [5.74, 6) is 0. The first-order valence-electron chi connectivity index (χ1n) is 19.4. The number of nitrogens with zero attached hydrogens (tertiary/aromatic N) is 2. The summed E-state index contributed by atoms with van der Waals surface area (Å²) in [5.41, 5.74) is 15.5. The standard InChI is InChI=1S/C54H36N2O/c1-3-14-37(15-4-1)38-28-32-42(33-29-38)55(51-26-13-24-49-47-21-8-10-27-52(47)57-54(49)51)43-34-30-39(31-35-43)41-18-11-19-44(36-41)56-50-25-9-7-20-46(50)48-23-12-22-45(53(48)56)40-16-5-2-6-17-40/h1-36H. The molecule has 0 N–H and O–H groups in total. The summed E-state index contributed by atoms with van der Waals surface area (Å²) >= 11 is 0. The lowest BCUT2D eigenvalue weighted by Crippen LogP contribution is -2.10. The van der Waals surface area contributed by atoms with Gasteiger partial charge in [0.15, 0.2) is 5.58 Å². The van der Waals surface area contributed by atoms with Crippen molar-refractivity contribution in [1.29, 1.82) is 0 Å². The number of aromatic nitrogens is 1. The molecule has 0 radical (unpaired) electrons. The Morgan fingerprint density at radius 3 is 1.67 bits per heavy atom. The van der Waals surface area contributed by atoms with E-state index >= 15 is 0 Å². The van der Waals surface area contributed by atoms with Gasteiger partial charge in [-0.2, -0.15) is 0 Å². The average molecular weight is 729 g/mol. The van der Waals surface area contributed by atoms with Gasteiger partial charge in [0.05, 0.1) is 16.7 Å². The van der Waals surface area contributed by atoms with Gasteiger partial charge in [0, 0.05) is 44.2 Å². The van der Waals surface area contributed by atoms with Crippen LogP contribution < -0.4 is 4.90 Å². The number of para-hydroxylation sites is 4. The van der Waals surface area contributed by atoms with E-state index in [-0.39, 0.29) is 0 Å². The van der Waals surface area contributed by atoms with E-state index < -0.39 is 0 Å². The number of hydrogen-bond acceptors (Lipinski definition) is 2. The molecule has 3 nitrogen and oxygen atoms in total. The van der Waals surface area contributed by atoms with Gasteiger partial charge in [-0.15, -0.1) is 0 Å². The molecular formula is C54H36N2O. The van der Waals surface area contributed by atoms with Crippen molar-refractivity contribution in [3.63, 3.8) is 0 Å². The van der Waals surface area contributed by atoms with E-state index in [9.17, 15) is 0 Å². The second-order valence-electron chi connectivity index (χ2n) is 14.5. The predicted octanol–water partition coefficient (Wildman–Crippen LogP) is 15.2. The smallest absolute Gasteiger partial charge is 0.159 e. The van der Waals surface area contributed by atoms with E-state index in [1.807, 2.05) is 12.1 Å². The van der Waals surface area contributed by atoms with Crippen LogP contribution in [0.2, 0.25) is 0 Å². The van der Waals surface area contributed by atoms with Crippen molar-refractivity contribution < 1.29 is 4.42 Å². The molecule has 0 bridgehead atoms. The van der Waals surface area contributed by atoms with E-state index in [0.717, 1.165) is 55.8 Å². The molecule has 0 aliphatic carbocycles. The molecule has 0 spiro atoms. The Morgan fingerprint density at radius 2 is 0.912 bits per heavy atom. The highest BCUT2D eigenvalue weighted by Crippen LogP contribution is 2.43. The van der Waals surface area contributed by atoms with Crippen LogP contribution in [0.3, 0.4) is 0 Å². The van der Waals surface area contributed by atoms with Crippen molar-refractivity contribution >= 4 is 60.8 Å². The molecule has 0 atom stereocenters. The molecule has 0 saturated carbocycles. The molecule has 0 fully saturated rings. The maximum Gasteiger partial charge on any atom is 0.159 e. The first-order valence-corrected chi connectivity index (χ1v) is 19.4. The Labute approximate surface area is 330 Å². The Hall–Kier alpha value is -7.62. The van der Waals surface area contributed by atoms with Crippen LogP contribution in [0, 0.1) is 0 Å². The molecule has 0 aliphatic heterocycles. The monoisotopic (exact) mass is 728 g/mol. The Kier molecular flexibility index (Phi) is 7.82. The summed E-state index contributed by atoms with van der Waals surface area (Å²) in [6.07, 6.45) is 0. The molecule has 57 heavy (non-hydrogen) atoms. The molecule has 268 valence electrons. The fraction of sp³-hybridized carbons (Fsp3) is 0. The van der Waals surface area contributed by atoms with Crippen molar-refractivity contribution in [2.75, 3.05) is 4.90 Å². The molecule has 0 amide bonds. The lowest BCUT2D eigenvalue weighted by Gasteiger charge is -2.26. The first kappa shape index (κ1) is 32.8. The lowest BCUT2D eigenvalue weighted by atomic mass is 10.0. The summed E-state index contributed by atoms with van der Waals surface area (Å²) in [6, 6.07) is 78.0. The number of benzene rings is 9. The molecule has 3 heteroatoms. The van der Waals surface area contributed by atoms with E-state index in [4.69, 9.17) is 4.42 Å². The van der Waals surface area contributed by atoms with E-state index in [0.29, 0.717) is 0 Å². The SMILES string of the molecule is c1ccc(-c2ccc(N(c3ccc(-c4cccc(-n5c6ccccc6c6cccc(-c7ccccc7)c65)c4)cc3)c3cccc4c3oc3ccccc34)cc2)cc1. The van der Waals surface area contributed by atoms with Crippen LogP contribution >= 0.6 is 0 Å². The van der Waals surface area contributed by atoms with E-state index in [2.05, 4.69) is 216 Å². The Morgan fingerprint density at radius 1 is 0.368 bits per heavy atom. The van der Waals surface area contributed by atoms with Gasteiger partial charge >= 0.3 is 0 Å². The summed E-state index contributed by atoms with van der Waals surface area (Å²) in [5, 5.41) is 4.71. The minimum atomic E-state index is 0.865. The summed E-state index contributed by atoms with van der Waals surface area (Å²) in [4.78, 5) is 2.31. The quantitative estimate of drug-likeness (QED) is 0.163. The van der Waals surface area contributed by atoms with Gasteiger partial charge in [0.2, 0.25) is 0 Å². The summed E-state index contributed by atoms with van der Waals surface area (Å²) < 4.78 is 9.03. The molecule has 2 aromatic heterocycles. The number of hydrogen-bond donors (Lipinski definition) is 0. The van der Waals surface area contributed by atoms with Crippen LogP contribution in [0.5, 0.6) is 0 Å². The van der Waals surface area contributed by atoms with Gasteiger partial charge in [-0.3, -0.25) is 0 Å². The van der Waals surface area contributed by atoms with Gasteiger partial charge in [-0.25, -0.2) is 0 Å². The maximum absolute atomic E-state index is 6.60. The van der Waals surface area contributed by atoms with Crippen LogP contribution in [0.15, 0.2) is 223 Å². The molecule has 0 saturated heterocycles. The van der Waals surface area contributed by atoms with Crippen LogP contribution in [0.25, 0.3) is 82.8 Å². The largest absolute Gasteiger partial charge is 0.454 e. The van der Waals surface area contributed by atoms with Gasteiger partial charge in [0.25, 0.3) is 0 Å². The molecule has 0 unspecified atom stereocenters. The maximum atomic E-state index is 6.60. The molecule has 0 aliphatic rings. The van der Waals surface area contributed by atoms with Crippen LogP contribution in [-0.4, -0.2) is 4.57 Å². The normalized spacial score (nSPS) is 11.5. The van der Waals surface area contributed by atoms with E-state index in [1.165, 1.54) is 44.1 Å². The predicted molar refractivity (Wildman–Crippen MR) is 239 cm³/mol. The number of furan rings is 1. The zero-order valence-electron chi connectivity index (χ0n) is 31.1. The Bertz CT molecular complexity index is 3210. The fourth-order valence-corrected chi connectivity index (χ4v) is 8.53. The zero-order valence-corrected chi connectivity index (χ0v) is 31.1.